The van der Waals surface area contributed by atoms with Crippen LogP contribution in [0.1, 0.15) is 40.4 Å². The summed E-state index contributed by atoms with van der Waals surface area (Å²) in [6.45, 7) is 4.71. The predicted octanol–water partition coefficient (Wildman–Crippen LogP) is 3.45. The quantitative estimate of drug-likeness (QED) is 0.662. The number of nitro benzene ring substituents is 1. The van der Waals surface area contributed by atoms with Gasteiger partial charge in [-0.2, -0.15) is 0 Å². The third-order valence-corrected chi connectivity index (χ3v) is 4.80. The molecule has 0 saturated heterocycles. The molecule has 0 bridgehead atoms. The van der Waals surface area contributed by atoms with Crippen molar-refractivity contribution in [2.75, 3.05) is 11.9 Å². The zero-order chi connectivity index (χ0) is 19.6. The van der Waals surface area contributed by atoms with E-state index in [2.05, 4.69) is 5.32 Å². The van der Waals surface area contributed by atoms with E-state index in [-0.39, 0.29) is 17.2 Å². The Bertz CT molecular complexity index is 923. The number of fused-ring (bicyclic) bond motifs is 1. The Morgan fingerprint density at radius 3 is 2.67 bits per heavy atom. The lowest BCUT2D eigenvalue weighted by atomic mass is 9.98. The fraction of sp³-hybridized carbons (Fsp3) is 0.300. The van der Waals surface area contributed by atoms with Crippen molar-refractivity contribution < 1.29 is 14.5 Å². The van der Waals surface area contributed by atoms with Crippen LogP contribution in [0.5, 0.6) is 0 Å². The maximum Gasteiger partial charge on any atom is 0.273 e. The number of nitrogens with one attached hydrogen (secondary N) is 1. The monoisotopic (exact) mass is 367 g/mol. The van der Waals surface area contributed by atoms with E-state index in [0.717, 1.165) is 12.0 Å². The molecule has 7 nitrogen and oxygen atoms in total. The standard InChI is InChI=1S/C20H21N3O4/c1-3-19(24)22-9-8-14-6-7-17(10-16(14)12-22)21-20(25)15-5-4-13(2)18(11-15)23(26)27/h4-7,10-11H,3,8-9,12H2,1-2H3,(H,21,25). The van der Waals surface area contributed by atoms with E-state index < -0.39 is 10.8 Å². The second-order valence-corrected chi connectivity index (χ2v) is 6.61. The Labute approximate surface area is 157 Å². The molecule has 1 aliphatic heterocycles. The molecule has 7 heteroatoms. The van der Waals surface area contributed by atoms with Crippen LogP contribution in [0.25, 0.3) is 0 Å². The van der Waals surface area contributed by atoms with Gasteiger partial charge in [0.25, 0.3) is 11.6 Å². The summed E-state index contributed by atoms with van der Waals surface area (Å²) < 4.78 is 0. The minimum atomic E-state index is -0.496. The first-order valence-corrected chi connectivity index (χ1v) is 8.85. The summed E-state index contributed by atoms with van der Waals surface area (Å²) in [5.41, 5.74) is 3.43. The zero-order valence-corrected chi connectivity index (χ0v) is 15.3. The van der Waals surface area contributed by atoms with Crippen molar-refractivity contribution in [3.8, 4) is 0 Å². The average molecular weight is 367 g/mol. The molecular formula is C20H21N3O4. The summed E-state index contributed by atoms with van der Waals surface area (Å²) in [4.78, 5) is 36.8. The third kappa shape index (κ3) is 3.97. The lowest BCUT2D eigenvalue weighted by molar-refractivity contribution is -0.385. The highest BCUT2D eigenvalue weighted by atomic mass is 16.6. The molecule has 3 rings (SSSR count). The molecule has 0 atom stereocenters. The van der Waals surface area contributed by atoms with Crippen LogP contribution in [-0.2, 0) is 17.8 Å². The molecule has 140 valence electrons. The van der Waals surface area contributed by atoms with Gasteiger partial charge in [0, 0.05) is 42.4 Å². The summed E-state index contributed by atoms with van der Waals surface area (Å²) in [6, 6.07) is 10.1. The van der Waals surface area contributed by atoms with Gasteiger partial charge in [-0.05, 0) is 42.7 Å². The van der Waals surface area contributed by atoms with Gasteiger partial charge in [0.2, 0.25) is 5.91 Å². The molecule has 0 fully saturated rings. The first-order valence-electron chi connectivity index (χ1n) is 8.85. The highest BCUT2D eigenvalue weighted by molar-refractivity contribution is 6.04. The number of amides is 2. The molecule has 0 radical (unpaired) electrons. The van der Waals surface area contributed by atoms with Crippen molar-refractivity contribution in [2.24, 2.45) is 0 Å². The fourth-order valence-corrected chi connectivity index (χ4v) is 3.22. The predicted molar refractivity (Wildman–Crippen MR) is 102 cm³/mol. The topological polar surface area (TPSA) is 92.6 Å². The van der Waals surface area contributed by atoms with Crippen molar-refractivity contribution in [1.29, 1.82) is 0 Å². The van der Waals surface area contributed by atoms with Gasteiger partial charge in [0.1, 0.15) is 0 Å². The third-order valence-electron chi connectivity index (χ3n) is 4.80. The maximum atomic E-state index is 12.5. The Hall–Kier alpha value is -3.22. The van der Waals surface area contributed by atoms with E-state index in [9.17, 15) is 19.7 Å². The number of hydrogen-bond acceptors (Lipinski definition) is 4. The summed E-state index contributed by atoms with van der Waals surface area (Å²) in [5, 5.41) is 13.9. The highest BCUT2D eigenvalue weighted by Crippen LogP contribution is 2.24. The second-order valence-electron chi connectivity index (χ2n) is 6.61. The van der Waals surface area contributed by atoms with Crippen molar-refractivity contribution in [3.05, 3.63) is 68.8 Å². The number of aryl methyl sites for hydroxylation is 1. The number of carbonyl (C=O) groups is 2. The summed E-state index contributed by atoms with van der Waals surface area (Å²) in [7, 11) is 0. The van der Waals surface area contributed by atoms with E-state index in [1.165, 1.54) is 11.6 Å². The molecule has 1 aliphatic rings. The molecule has 1 heterocycles. The minimum absolute atomic E-state index is 0.0817. The van der Waals surface area contributed by atoms with Crippen LogP contribution in [0.2, 0.25) is 0 Å². The van der Waals surface area contributed by atoms with E-state index in [1.807, 2.05) is 30.0 Å². The SMILES string of the molecule is CCC(=O)N1CCc2ccc(NC(=O)c3ccc(C)c([N+](=O)[O-])c3)cc2C1. The molecule has 0 aliphatic carbocycles. The first-order chi connectivity index (χ1) is 12.9. The van der Waals surface area contributed by atoms with Crippen molar-refractivity contribution in [1.82, 2.24) is 4.90 Å². The van der Waals surface area contributed by atoms with Gasteiger partial charge in [-0.25, -0.2) is 0 Å². The average Bonchev–Trinajstić information content (AvgIpc) is 2.66. The number of rotatable bonds is 4. The Balaban J connectivity index is 1.79. The van der Waals surface area contributed by atoms with Gasteiger partial charge in [-0.15, -0.1) is 0 Å². The Morgan fingerprint density at radius 2 is 1.96 bits per heavy atom. The maximum absolute atomic E-state index is 12.5. The highest BCUT2D eigenvalue weighted by Gasteiger charge is 2.20. The normalized spacial score (nSPS) is 13.0. The van der Waals surface area contributed by atoms with E-state index >= 15 is 0 Å². The molecule has 0 spiro atoms. The van der Waals surface area contributed by atoms with Crippen LogP contribution in [0.4, 0.5) is 11.4 Å². The molecule has 27 heavy (non-hydrogen) atoms. The van der Waals surface area contributed by atoms with Gasteiger partial charge < -0.3 is 10.2 Å². The lowest BCUT2D eigenvalue weighted by Crippen LogP contribution is -2.35. The van der Waals surface area contributed by atoms with Gasteiger partial charge in [0.15, 0.2) is 0 Å². The van der Waals surface area contributed by atoms with Gasteiger partial charge in [-0.3, -0.25) is 19.7 Å². The van der Waals surface area contributed by atoms with E-state index in [0.29, 0.717) is 30.8 Å². The first kappa shape index (κ1) is 18.6. The molecule has 2 amide bonds. The fourth-order valence-electron chi connectivity index (χ4n) is 3.22. The molecule has 0 aromatic heterocycles. The van der Waals surface area contributed by atoms with E-state index in [1.54, 1.807) is 19.1 Å². The van der Waals surface area contributed by atoms with Gasteiger partial charge in [-0.1, -0.05) is 19.1 Å². The van der Waals surface area contributed by atoms with Crippen LogP contribution in [0, 0.1) is 17.0 Å². The molecule has 0 unspecified atom stereocenters. The molecule has 2 aromatic carbocycles. The number of benzene rings is 2. The smallest absolute Gasteiger partial charge is 0.273 e. The van der Waals surface area contributed by atoms with Gasteiger partial charge >= 0.3 is 0 Å². The largest absolute Gasteiger partial charge is 0.338 e. The summed E-state index contributed by atoms with van der Waals surface area (Å²) >= 11 is 0. The summed E-state index contributed by atoms with van der Waals surface area (Å²) in [5.74, 6) is -0.294. The molecule has 0 saturated carbocycles. The lowest BCUT2D eigenvalue weighted by Gasteiger charge is -2.29. The Kier molecular flexibility index (Phi) is 5.21. The van der Waals surface area contributed by atoms with Crippen LogP contribution in [0.3, 0.4) is 0 Å². The van der Waals surface area contributed by atoms with Crippen molar-refractivity contribution in [3.63, 3.8) is 0 Å². The number of nitrogens with zero attached hydrogens (tertiary/aromatic N) is 2. The second kappa shape index (κ2) is 7.57. The zero-order valence-electron chi connectivity index (χ0n) is 15.3. The molecular weight excluding hydrogens is 346 g/mol. The Morgan fingerprint density at radius 1 is 1.19 bits per heavy atom. The van der Waals surface area contributed by atoms with Crippen LogP contribution in [0.15, 0.2) is 36.4 Å². The van der Waals surface area contributed by atoms with Crippen LogP contribution in [-0.4, -0.2) is 28.2 Å². The van der Waals surface area contributed by atoms with Crippen molar-refractivity contribution in [2.45, 2.75) is 33.2 Å². The number of anilines is 1. The van der Waals surface area contributed by atoms with E-state index in [4.69, 9.17) is 0 Å². The molecule has 2 aromatic rings. The van der Waals surface area contributed by atoms with Crippen molar-refractivity contribution >= 4 is 23.2 Å². The van der Waals surface area contributed by atoms with Crippen LogP contribution < -0.4 is 5.32 Å². The summed E-state index contributed by atoms with van der Waals surface area (Å²) in [6.07, 6.45) is 1.26. The van der Waals surface area contributed by atoms with Gasteiger partial charge in [0.05, 0.1) is 4.92 Å². The van der Waals surface area contributed by atoms with Crippen LogP contribution >= 0.6 is 0 Å². The number of nitro groups is 1. The number of hydrogen-bond donors (Lipinski definition) is 1. The molecule has 1 N–H and O–H groups in total. The number of carbonyl (C=O) groups excluding carboxylic acids is 2. The minimum Gasteiger partial charge on any atom is -0.338 e.